The molecule has 1 heterocycles. The molecule has 4 aliphatic rings. The number of halogens is 2. The van der Waals surface area contributed by atoms with E-state index in [2.05, 4.69) is 25.2 Å². The molecule has 3 N–H and O–H groups in total. The summed E-state index contributed by atoms with van der Waals surface area (Å²) in [6.07, 6.45) is 7.11. The first-order valence-electron chi connectivity index (χ1n) is 17.2. The Morgan fingerprint density at radius 2 is 1.87 bits per heavy atom. The average Bonchev–Trinajstić information content (AvgIpc) is 3.62. The number of aliphatic hydroxyl groups excluding tert-OH is 1. The van der Waals surface area contributed by atoms with Gasteiger partial charge < -0.3 is 25.2 Å². The number of allylic oxidation sites excluding steroid dienone is 2. The number of ketones is 1. The largest absolute Gasteiger partial charge is 0.393 e. The van der Waals surface area contributed by atoms with E-state index in [1.54, 1.807) is 11.0 Å². The monoisotopic (exact) mass is 652 g/mol. The van der Waals surface area contributed by atoms with Crippen molar-refractivity contribution >= 4 is 11.8 Å². The van der Waals surface area contributed by atoms with Gasteiger partial charge in [-0.1, -0.05) is 30.7 Å². The molecule has 1 aliphatic heterocycles. The van der Waals surface area contributed by atoms with Crippen LogP contribution in [0, 0.1) is 17.0 Å². The van der Waals surface area contributed by atoms with Crippen LogP contribution in [0.2, 0.25) is 0 Å². The van der Waals surface area contributed by atoms with Gasteiger partial charge in [-0.3, -0.25) is 4.79 Å². The smallest absolute Gasteiger partial charge is 0.317 e. The van der Waals surface area contributed by atoms with Crippen LogP contribution in [-0.4, -0.2) is 70.5 Å². The molecule has 2 aromatic rings. The predicted octanol–water partition coefficient (Wildman–Crippen LogP) is 6.83. The van der Waals surface area contributed by atoms with Gasteiger partial charge in [0.15, 0.2) is 17.4 Å². The van der Waals surface area contributed by atoms with Crippen molar-refractivity contribution in [3.05, 3.63) is 81.9 Å². The zero-order valence-corrected chi connectivity index (χ0v) is 28.2. The molecule has 256 valence electrons. The third kappa shape index (κ3) is 7.79. The van der Waals surface area contributed by atoms with Gasteiger partial charge in [-0.25, -0.2) is 13.6 Å². The molecular weight excluding hydrogens is 602 g/mol. The molecule has 5 atom stereocenters. The molecule has 2 aromatic carbocycles. The summed E-state index contributed by atoms with van der Waals surface area (Å²) in [4.78, 5) is 29.3. The van der Waals surface area contributed by atoms with Gasteiger partial charge in [0.05, 0.1) is 24.4 Å². The van der Waals surface area contributed by atoms with E-state index in [1.165, 1.54) is 11.6 Å². The fourth-order valence-electron chi connectivity index (χ4n) is 7.90. The van der Waals surface area contributed by atoms with Crippen LogP contribution in [0.5, 0.6) is 0 Å². The van der Waals surface area contributed by atoms with E-state index >= 15 is 0 Å². The van der Waals surface area contributed by atoms with Crippen molar-refractivity contribution in [1.82, 2.24) is 10.2 Å². The van der Waals surface area contributed by atoms with Crippen LogP contribution in [0.4, 0.5) is 13.6 Å². The van der Waals surface area contributed by atoms with E-state index in [0.717, 1.165) is 42.5 Å². The summed E-state index contributed by atoms with van der Waals surface area (Å²) >= 11 is 0. The lowest BCUT2D eigenvalue weighted by Gasteiger charge is -2.46. The quantitative estimate of drug-likeness (QED) is 0.225. The Bertz CT molecular complexity index is 1490. The molecule has 5 unspecified atom stereocenters. The summed E-state index contributed by atoms with van der Waals surface area (Å²) in [5.74, 6) is -2.84. The number of nitrogens with one attached hydrogen (secondary N) is 1. The number of fused-ring (bicyclic) bond motifs is 8. The second-order valence-corrected chi connectivity index (χ2v) is 14.5. The van der Waals surface area contributed by atoms with Crippen LogP contribution in [0.25, 0.3) is 0 Å². The zero-order chi connectivity index (χ0) is 33.9. The summed E-state index contributed by atoms with van der Waals surface area (Å²) < 4.78 is 34.1. The summed E-state index contributed by atoms with van der Waals surface area (Å²) in [7, 11) is 0. The van der Waals surface area contributed by atoms with Crippen LogP contribution in [0.1, 0.15) is 112 Å². The molecule has 47 heavy (non-hydrogen) atoms. The van der Waals surface area contributed by atoms with Gasteiger partial charge in [-0.15, -0.1) is 0 Å². The molecule has 1 saturated heterocycles. The van der Waals surface area contributed by atoms with E-state index in [9.17, 15) is 28.6 Å². The summed E-state index contributed by atoms with van der Waals surface area (Å²) in [6.45, 7) is 9.07. The van der Waals surface area contributed by atoms with E-state index in [1.807, 2.05) is 26.0 Å². The lowest BCUT2D eigenvalue weighted by molar-refractivity contribution is -0.0808. The van der Waals surface area contributed by atoms with Gasteiger partial charge in [0.25, 0.3) is 0 Å². The highest BCUT2D eigenvalue weighted by molar-refractivity contribution is 6.10. The van der Waals surface area contributed by atoms with E-state index < -0.39 is 34.5 Å². The van der Waals surface area contributed by atoms with Gasteiger partial charge in [0.1, 0.15) is 0 Å². The van der Waals surface area contributed by atoms with Crippen molar-refractivity contribution in [2.24, 2.45) is 5.41 Å². The Kier molecular flexibility index (Phi) is 10.9. The second kappa shape index (κ2) is 14.5. The lowest BCUT2D eigenvalue weighted by Crippen LogP contribution is -2.57. The number of carbonyl (C=O) groups is 2. The fourth-order valence-corrected chi connectivity index (χ4v) is 7.90. The number of benzene rings is 2. The first-order valence-corrected chi connectivity index (χ1v) is 17.2. The Morgan fingerprint density at radius 1 is 1.09 bits per heavy atom. The van der Waals surface area contributed by atoms with Gasteiger partial charge in [0.2, 0.25) is 0 Å². The standard InChI is InChI=1S/C38H50F2N2O5/c1-24(2)41-36(45)42(22-29-8-6-18-47-29)23-38(46)17-15-32-30-13-10-26(19-28(43)12-9-25(3)7-5-16-37(32,38)4)20-31(30)35(44)27-11-14-33(39)34(40)21-27/h7,10-11,13-14,20-21,24,28-29,32,43,46H,5-6,8-9,12,15-19,22-23H2,1-4H3,(H,41,45). The van der Waals surface area contributed by atoms with Crippen molar-refractivity contribution in [3.8, 4) is 0 Å². The molecule has 2 amide bonds. The van der Waals surface area contributed by atoms with Crippen molar-refractivity contribution in [3.63, 3.8) is 0 Å². The van der Waals surface area contributed by atoms with Crippen LogP contribution >= 0.6 is 0 Å². The number of carbonyl (C=O) groups excluding carboxylic acids is 2. The molecule has 0 radical (unpaired) electrons. The van der Waals surface area contributed by atoms with Crippen LogP contribution in [0.3, 0.4) is 0 Å². The number of aliphatic hydroxyl groups is 2. The molecule has 2 bridgehead atoms. The summed E-state index contributed by atoms with van der Waals surface area (Å²) in [5.41, 5.74) is 1.01. The third-order valence-electron chi connectivity index (χ3n) is 10.7. The number of nitrogens with zero attached hydrogens (tertiary/aromatic N) is 1. The first-order chi connectivity index (χ1) is 22.3. The Hall–Kier alpha value is -3.14. The van der Waals surface area contributed by atoms with Crippen LogP contribution in [0.15, 0.2) is 48.0 Å². The number of ether oxygens (including phenoxy) is 1. The molecular formula is C38H50F2N2O5. The normalized spacial score (nSPS) is 28.1. The summed E-state index contributed by atoms with van der Waals surface area (Å²) in [5, 5.41) is 26.6. The molecule has 1 saturated carbocycles. The molecule has 0 aromatic heterocycles. The van der Waals surface area contributed by atoms with Gasteiger partial charge in [0, 0.05) is 35.7 Å². The van der Waals surface area contributed by atoms with Gasteiger partial charge in [-0.05, 0) is 120 Å². The lowest BCUT2D eigenvalue weighted by atomic mass is 9.64. The number of rotatable bonds is 7. The molecule has 9 heteroatoms. The topological polar surface area (TPSA) is 99.1 Å². The highest BCUT2D eigenvalue weighted by atomic mass is 19.2. The van der Waals surface area contributed by atoms with E-state index in [4.69, 9.17) is 4.74 Å². The Labute approximate surface area is 277 Å². The maximum atomic E-state index is 14.3. The molecule has 2 fully saturated rings. The second-order valence-electron chi connectivity index (χ2n) is 14.5. The Morgan fingerprint density at radius 3 is 2.57 bits per heavy atom. The maximum absolute atomic E-state index is 14.3. The van der Waals surface area contributed by atoms with Crippen LogP contribution < -0.4 is 5.32 Å². The van der Waals surface area contributed by atoms with Gasteiger partial charge >= 0.3 is 6.03 Å². The van der Waals surface area contributed by atoms with Crippen molar-refractivity contribution in [2.45, 2.75) is 115 Å². The predicted molar refractivity (Wildman–Crippen MR) is 177 cm³/mol. The SMILES string of the molecule is CC1=CCCC2(C)C(CCC2(O)CN(CC2CCCO2)C(=O)NC(C)C)c2ccc(cc2C(=O)c2ccc(F)c(F)c2)CC(O)CC1. The highest BCUT2D eigenvalue weighted by Crippen LogP contribution is 2.59. The fraction of sp³-hybridized carbons (Fsp3) is 0.579. The average molecular weight is 653 g/mol. The van der Waals surface area contributed by atoms with Crippen LogP contribution in [-0.2, 0) is 11.2 Å². The number of urea groups is 1. The zero-order valence-electron chi connectivity index (χ0n) is 28.2. The minimum absolute atomic E-state index is 0.0329. The minimum Gasteiger partial charge on any atom is -0.393 e. The first kappa shape index (κ1) is 35.2. The van der Waals surface area contributed by atoms with Crippen molar-refractivity contribution in [1.29, 1.82) is 0 Å². The molecule has 0 spiro atoms. The molecule has 6 rings (SSSR count). The summed E-state index contributed by atoms with van der Waals surface area (Å²) in [6, 6.07) is 8.45. The molecule has 3 aliphatic carbocycles. The number of hydrogen-bond acceptors (Lipinski definition) is 5. The minimum atomic E-state index is -1.29. The third-order valence-corrected chi connectivity index (χ3v) is 10.7. The number of amides is 2. The maximum Gasteiger partial charge on any atom is 0.317 e. The van der Waals surface area contributed by atoms with E-state index in [0.29, 0.717) is 57.2 Å². The van der Waals surface area contributed by atoms with E-state index in [-0.39, 0.29) is 36.2 Å². The Balaban J connectivity index is 1.59. The molecule has 7 nitrogen and oxygen atoms in total. The number of hydrogen-bond donors (Lipinski definition) is 3. The van der Waals surface area contributed by atoms with Gasteiger partial charge in [-0.2, -0.15) is 0 Å². The van der Waals surface area contributed by atoms with Crippen molar-refractivity contribution < 1.29 is 33.3 Å². The highest BCUT2D eigenvalue weighted by Gasteiger charge is 2.57. The van der Waals surface area contributed by atoms with Crippen molar-refractivity contribution in [2.75, 3.05) is 19.7 Å².